The highest BCUT2D eigenvalue weighted by Crippen LogP contribution is 2.37. The second-order valence-corrected chi connectivity index (χ2v) is 7.55. The molecule has 1 saturated carbocycles. The third-order valence-electron chi connectivity index (χ3n) is 4.29. The summed E-state index contributed by atoms with van der Waals surface area (Å²) in [6.45, 7) is 6.89. The van der Waals surface area contributed by atoms with Gasteiger partial charge in [0.25, 0.3) is 0 Å². The molecule has 102 valence electrons. The zero-order chi connectivity index (χ0) is 13.5. The Hall–Kier alpha value is -1.09. The first-order chi connectivity index (χ1) is 9.03. The smallest absolute Gasteiger partial charge is 0.184 e. The van der Waals surface area contributed by atoms with Crippen LogP contribution in [0.2, 0.25) is 0 Å². The number of nitrogens with one attached hydrogen (secondary N) is 1. The van der Waals surface area contributed by atoms with Gasteiger partial charge in [-0.1, -0.05) is 37.3 Å². The molecule has 0 atom stereocenters. The van der Waals surface area contributed by atoms with E-state index >= 15 is 0 Å². The first-order valence-corrected chi connectivity index (χ1v) is 7.98. The molecule has 2 nitrogen and oxygen atoms in total. The fourth-order valence-corrected chi connectivity index (χ4v) is 3.89. The van der Waals surface area contributed by atoms with Crippen molar-refractivity contribution in [2.24, 2.45) is 5.41 Å². The maximum absolute atomic E-state index is 4.75. The molecule has 1 aromatic heterocycles. The molecule has 1 N–H and O–H groups in total. The maximum Gasteiger partial charge on any atom is 0.184 e. The highest BCUT2D eigenvalue weighted by molar-refractivity contribution is 7.22. The minimum absolute atomic E-state index is 0.530. The molecular weight excluding hydrogens is 252 g/mol. The second-order valence-electron chi connectivity index (χ2n) is 6.52. The third-order valence-corrected chi connectivity index (χ3v) is 5.24. The Morgan fingerprint density at radius 3 is 2.68 bits per heavy atom. The number of nitrogens with zero attached hydrogens (tertiary/aromatic N) is 1. The van der Waals surface area contributed by atoms with Gasteiger partial charge in [-0.3, -0.25) is 0 Å². The molecule has 3 rings (SSSR count). The van der Waals surface area contributed by atoms with Gasteiger partial charge in [-0.05, 0) is 49.7 Å². The van der Waals surface area contributed by atoms with E-state index in [2.05, 4.69) is 44.3 Å². The fraction of sp³-hybridized carbons (Fsp3) is 0.562. The topological polar surface area (TPSA) is 24.9 Å². The van der Waals surface area contributed by atoms with Crippen molar-refractivity contribution in [2.75, 3.05) is 5.32 Å². The normalized spacial score (nSPS) is 19.7. The van der Waals surface area contributed by atoms with Gasteiger partial charge in [-0.2, -0.15) is 0 Å². The van der Waals surface area contributed by atoms with Crippen LogP contribution in [0.15, 0.2) is 18.2 Å². The Labute approximate surface area is 119 Å². The molecule has 0 radical (unpaired) electrons. The summed E-state index contributed by atoms with van der Waals surface area (Å²) >= 11 is 1.78. The molecule has 0 bridgehead atoms. The van der Waals surface area contributed by atoms with E-state index < -0.39 is 0 Å². The van der Waals surface area contributed by atoms with Gasteiger partial charge in [0.15, 0.2) is 5.13 Å². The Morgan fingerprint density at radius 1 is 1.26 bits per heavy atom. The molecule has 0 spiro atoms. The Balaban J connectivity index is 1.74. The molecule has 0 unspecified atom stereocenters. The number of anilines is 1. The van der Waals surface area contributed by atoms with Gasteiger partial charge in [0, 0.05) is 6.04 Å². The SMILES string of the molecule is Cc1cccc2sc(NC3CCC(C)(C)CC3)nc12. The van der Waals surface area contributed by atoms with Crippen molar-refractivity contribution < 1.29 is 0 Å². The van der Waals surface area contributed by atoms with Crippen molar-refractivity contribution in [3.05, 3.63) is 23.8 Å². The fourth-order valence-electron chi connectivity index (χ4n) is 2.87. The van der Waals surface area contributed by atoms with E-state index in [1.807, 2.05) is 0 Å². The van der Waals surface area contributed by atoms with Crippen LogP contribution in [0, 0.1) is 12.3 Å². The highest BCUT2D eigenvalue weighted by Gasteiger charge is 2.27. The molecule has 2 aromatic rings. The molecule has 1 fully saturated rings. The number of thiazole rings is 1. The van der Waals surface area contributed by atoms with Crippen LogP contribution < -0.4 is 5.32 Å². The summed E-state index contributed by atoms with van der Waals surface area (Å²) in [5.41, 5.74) is 2.96. The number of hydrogen-bond donors (Lipinski definition) is 1. The van der Waals surface area contributed by atoms with Crippen LogP contribution in [0.5, 0.6) is 0 Å². The van der Waals surface area contributed by atoms with E-state index in [4.69, 9.17) is 4.98 Å². The van der Waals surface area contributed by atoms with Crippen LogP contribution in [0.3, 0.4) is 0 Å². The largest absolute Gasteiger partial charge is 0.359 e. The van der Waals surface area contributed by atoms with Gasteiger partial charge >= 0.3 is 0 Å². The highest BCUT2D eigenvalue weighted by atomic mass is 32.1. The first kappa shape index (κ1) is 12.9. The van der Waals surface area contributed by atoms with E-state index in [0.29, 0.717) is 11.5 Å². The van der Waals surface area contributed by atoms with E-state index in [0.717, 1.165) is 10.6 Å². The minimum atomic E-state index is 0.530. The second kappa shape index (κ2) is 4.78. The minimum Gasteiger partial charge on any atom is -0.359 e. The molecule has 19 heavy (non-hydrogen) atoms. The van der Waals surface area contributed by atoms with Crippen LogP contribution in [-0.2, 0) is 0 Å². The molecule has 0 amide bonds. The van der Waals surface area contributed by atoms with Gasteiger partial charge in [0.1, 0.15) is 0 Å². The van der Waals surface area contributed by atoms with E-state index in [1.165, 1.54) is 35.9 Å². The molecule has 3 heteroatoms. The molecule has 0 saturated heterocycles. The lowest BCUT2D eigenvalue weighted by molar-refractivity contribution is 0.232. The van der Waals surface area contributed by atoms with Crippen molar-refractivity contribution in [2.45, 2.75) is 52.5 Å². The van der Waals surface area contributed by atoms with E-state index in [-0.39, 0.29) is 0 Å². The number of para-hydroxylation sites is 1. The molecule has 1 aliphatic rings. The zero-order valence-electron chi connectivity index (χ0n) is 12.0. The van der Waals surface area contributed by atoms with Crippen molar-refractivity contribution in [1.29, 1.82) is 0 Å². The molecule has 0 aliphatic heterocycles. The predicted molar refractivity (Wildman–Crippen MR) is 84.0 cm³/mol. The summed E-state index contributed by atoms with van der Waals surface area (Å²) in [7, 11) is 0. The number of aromatic nitrogens is 1. The van der Waals surface area contributed by atoms with Gasteiger partial charge < -0.3 is 5.32 Å². The lowest BCUT2D eigenvalue weighted by Gasteiger charge is -2.34. The van der Waals surface area contributed by atoms with Crippen molar-refractivity contribution >= 4 is 26.7 Å². The summed E-state index contributed by atoms with van der Waals surface area (Å²) in [6.07, 6.45) is 5.16. The van der Waals surface area contributed by atoms with Crippen LogP contribution in [0.25, 0.3) is 10.2 Å². The van der Waals surface area contributed by atoms with E-state index in [9.17, 15) is 0 Å². The summed E-state index contributed by atoms with van der Waals surface area (Å²) in [5, 5.41) is 4.73. The summed E-state index contributed by atoms with van der Waals surface area (Å²) in [5.74, 6) is 0. The van der Waals surface area contributed by atoms with Crippen molar-refractivity contribution in [1.82, 2.24) is 4.98 Å². The standard InChI is InChI=1S/C16H22N2S/c1-11-5-4-6-13-14(11)18-15(19-13)17-12-7-9-16(2,3)10-8-12/h4-6,12H,7-10H2,1-3H3,(H,17,18). The van der Waals surface area contributed by atoms with Crippen LogP contribution in [0.4, 0.5) is 5.13 Å². The molecular formula is C16H22N2S. The molecule has 1 aromatic carbocycles. The first-order valence-electron chi connectivity index (χ1n) is 7.16. The lowest BCUT2D eigenvalue weighted by Crippen LogP contribution is -2.29. The zero-order valence-corrected chi connectivity index (χ0v) is 12.8. The number of benzene rings is 1. The van der Waals surface area contributed by atoms with Crippen molar-refractivity contribution in [3.63, 3.8) is 0 Å². The quantitative estimate of drug-likeness (QED) is 0.835. The molecule has 1 heterocycles. The van der Waals surface area contributed by atoms with Gasteiger partial charge in [-0.25, -0.2) is 4.98 Å². The summed E-state index contributed by atoms with van der Waals surface area (Å²) in [4.78, 5) is 4.75. The number of hydrogen-bond acceptors (Lipinski definition) is 3. The number of fused-ring (bicyclic) bond motifs is 1. The Kier molecular flexibility index (Phi) is 3.25. The lowest BCUT2D eigenvalue weighted by atomic mass is 9.76. The van der Waals surface area contributed by atoms with Crippen LogP contribution >= 0.6 is 11.3 Å². The Morgan fingerprint density at radius 2 is 2.00 bits per heavy atom. The average molecular weight is 274 g/mol. The maximum atomic E-state index is 4.75. The Bertz CT molecular complexity index is 575. The van der Waals surface area contributed by atoms with Gasteiger partial charge in [0.05, 0.1) is 10.2 Å². The van der Waals surface area contributed by atoms with Crippen LogP contribution in [0.1, 0.15) is 45.1 Å². The summed E-state index contributed by atoms with van der Waals surface area (Å²) < 4.78 is 1.29. The molecule has 1 aliphatic carbocycles. The van der Waals surface area contributed by atoms with Gasteiger partial charge in [-0.15, -0.1) is 0 Å². The number of rotatable bonds is 2. The summed E-state index contributed by atoms with van der Waals surface area (Å²) in [6, 6.07) is 7.02. The monoisotopic (exact) mass is 274 g/mol. The van der Waals surface area contributed by atoms with E-state index in [1.54, 1.807) is 11.3 Å². The third kappa shape index (κ3) is 2.76. The van der Waals surface area contributed by atoms with Crippen molar-refractivity contribution in [3.8, 4) is 0 Å². The average Bonchev–Trinajstić information content (AvgIpc) is 2.76. The van der Waals surface area contributed by atoms with Gasteiger partial charge in [0.2, 0.25) is 0 Å². The number of aryl methyl sites for hydroxylation is 1. The van der Waals surface area contributed by atoms with Crippen LogP contribution in [-0.4, -0.2) is 11.0 Å². The predicted octanol–water partition coefficient (Wildman–Crippen LogP) is 4.99.